The fourth-order valence-electron chi connectivity index (χ4n) is 3.50. The summed E-state index contributed by atoms with van der Waals surface area (Å²) in [5.74, 6) is 0. The Labute approximate surface area is 192 Å². The van der Waals surface area contributed by atoms with Crippen molar-refractivity contribution in [1.82, 2.24) is 4.72 Å². The lowest BCUT2D eigenvalue weighted by atomic mass is 10.1. The zero-order valence-corrected chi connectivity index (χ0v) is 19.2. The van der Waals surface area contributed by atoms with Crippen LogP contribution in [0.4, 0.5) is 30.2 Å². The van der Waals surface area contributed by atoms with E-state index in [0.29, 0.717) is 18.7 Å². The highest BCUT2D eigenvalue weighted by Crippen LogP contribution is 2.32. The molecule has 3 aromatic carbocycles. The molecule has 33 heavy (non-hydrogen) atoms. The quantitative estimate of drug-likeness (QED) is 0.336. The molecule has 0 atom stereocenters. The lowest BCUT2D eigenvalue weighted by Crippen LogP contribution is -2.28. The number of aryl methyl sites for hydroxylation is 2. The molecule has 0 fully saturated rings. The highest BCUT2D eigenvalue weighted by molar-refractivity contribution is 7.89. The third-order valence-electron chi connectivity index (χ3n) is 5.27. The Morgan fingerprint density at radius 1 is 0.909 bits per heavy atom. The number of benzene rings is 3. The number of anilines is 3. The third kappa shape index (κ3) is 6.06. The van der Waals surface area contributed by atoms with E-state index < -0.39 is 21.8 Å². The van der Waals surface area contributed by atoms with Crippen molar-refractivity contribution in [2.45, 2.75) is 31.3 Å². The van der Waals surface area contributed by atoms with Gasteiger partial charge >= 0.3 is 6.18 Å². The molecule has 5 nitrogen and oxygen atoms in total. The van der Waals surface area contributed by atoms with Gasteiger partial charge in [0.25, 0.3) is 0 Å². The van der Waals surface area contributed by atoms with Gasteiger partial charge < -0.3 is 10.6 Å². The summed E-state index contributed by atoms with van der Waals surface area (Å²) < 4.78 is 65.7. The average molecular weight is 478 g/mol. The van der Waals surface area contributed by atoms with Crippen molar-refractivity contribution >= 4 is 27.1 Å². The van der Waals surface area contributed by atoms with E-state index in [1.165, 1.54) is 0 Å². The van der Waals surface area contributed by atoms with Gasteiger partial charge in [0.05, 0.1) is 10.5 Å². The van der Waals surface area contributed by atoms with Crippen molar-refractivity contribution in [2.75, 3.05) is 23.7 Å². The molecule has 3 rings (SSSR count). The Morgan fingerprint density at radius 2 is 1.55 bits per heavy atom. The zero-order chi connectivity index (χ0) is 24.2. The van der Waals surface area contributed by atoms with Gasteiger partial charge in [0.1, 0.15) is 0 Å². The van der Waals surface area contributed by atoms with Crippen LogP contribution in [0.2, 0.25) is 0 Å². The van der Waals surface area contributed by atoms with Crippen molar-refractivity contribution in [3.8, 4) is 0 Å². The van der Waals surface area contributed by atoms with Gasteiger partial charge in [-0.2, -0.15) is 13.2 Å². The normalized spacial score (nSPS) is 12.0. The van der Waals surface area contributed by atoms with E-state index >= 15 is 0 Å². The fraction of sp³-hybridized carbons (Fsp3) is 0.250. The molecule has 0 amide bonds. The fourth-order valence-corrected chi connectivity index (χ4v) is 4.58. The Balaban J connectivity index is 1.73. The molecule has 0 aliphatic rings. The van der Waals surface area contributed by atoms with Crippen molar-refractivity contribution in [3.05, 3.63) is 83.4 Å². The molecule has 0 saturated heterocycles. The van der Waals surface area contributed by atoms with Gasteiger partial charge in [-0.1, -0.05) is 24.3 Å². The maximum atomic E-state index is 12.7. The topological polar surface area (TPSA) is 75.4 Å². The van der Waals surface area contributed by atoms with E-state index in [-0.39, 0.29) is 11.4 Å². The molecule has 3 aromatic rings. The second-order valence-corrected chi connectivity index (χ2v) is 9.52. The highest BCUT2D eigenvalue weighted by atomic mass is 32.2. The number of nitrogens with one attached hydrogen (secondary N) is 1. The number of para-hydroxylation sites is 1. The number of alkyl halides is 3. The zero-order valence-electron chi connectivity index (χ0n) is 18.4. The first-order valence-corrected chi connectivity index (χ1v) is 11.8. The van der Waals surface area contributed by atoms with Crippen LogP contribution in [-0.2, 0) is 16.2 Å². The van der Waals surface area contributed by atoms with Gasteiger partial charge in [-0.05, 0) is 73.9 Å². The molecule has 0 bridgehead atoms. The van der Waals surface area contributed by atoms with Crippen molar-refractivity contribution < 1.29 is 21.6 Å². The highest BCUT2D eigenvalue weighted by Gasteiger charge is 2.30. The summed E-state index contributed by atoms with van der Waals surface area (Å²) in [5, 5.41) is 0. The smallest absolute Gasteiger partial charge is 0.399 e. The lowest BCUT2D eigenvalue weighted by molar-refractivity contribution is -0.137. The number of hydrogen-bond donors (Lipinski definition) is 2. The summed E-state index contributed by atoms with van der Waals surface area (Å²) in [6.45, 7) is 4.60. The molecule has 0 aliphatic heterocycles. The van der Waals surface area contributed by atoms with E-state index in [2.05, 4.69) is 9.62 Å². The minimum absolute atomic E-state index is 0.118. The Hall–Kier alpha value is -3.04. The predicted octanol–water partition coefficient (Wildman–Crippen LogP) is 5.41. The minimum Gasteiger partial charge on any atom is -0.399 e. The van der Waals surface area contributed by atoms with Crippen molar-refractivity contribution in [3.63, 3.8) is 0 Å². The van der Waals surface area contributed by atoms with Crippen LogP contribution in [-0.4, -0.2) is 21.5 Å². The van der Waals surface area contributed by atoms with Crippen LogP contribution in [0.1, 0.15) is 23.1 Å². The molecule has 0 spiro atoms. The first-order valence-electron chi connectivity index (χ1n) is 10.4. The van der Waals surface area contributed by atoms with Gasteiger partial charge in [0.2, 0.25) is 10.0 Å². The second-order valence-electron chi connectivity index (χ2n) is 7.76. The number of halogens is 3. The molecule has 0 saturated carbocycles. The molecular weight excluding hydrogens is 451 g/mol. The summed E-state index contributed by atoms with van der Waals surface area (Å²) in [6, 6.07) is 17.0. The van der Waals surface area contributed by atoms with Crippen LogP contribution < -0.4 is 15.4 Å². The van der Waals surface area contributed by atoms with E-state index in [1.54, 1.807) is 0 Å². The first-order chi connectivity index (χ1) is 15.5. The molecule has 0 unspecified atom stereocenters. The van der Waals surface area contributed by atoms with Crippen molar-refractivity contribution in [2.24, 2.45) is 0 Å². The number of hydrogen-bond acceptors (Lipinski definition) is 4. The molecule has 176 valence electrons. The standard InChI is InChI=1S/C24H26F3N3O2S/c1-17-6-3-4-7-22(17)30(23-16-20(28)11-8-18(23)2)15-5-14-29-33(31,32)21-12-9-19(10-13-21)24(25,26)27/h3-4,6-13,16,29H,5,14-15,28H2,1-2H3. The Kier molecular flexibility index (Phi) is 7.34. The summed E-state index contributed by atoms with van der Waals surface area (Å²) in [5.41, 5.74) is 9.73. The Morgan fingerprint density at radius 3 is 2.18 bits per heavy atom. The van der Waals surface area contributed by atoms with Crippen LogP contribution in [0.5, 0.6) is 0 Å². The molecule has 3 N–H and O–H groups in total. The second kappa shape index (κ2) is 9.84. The number of nitrogen functional groups attached to an aromatic ring is 1. The minimum atomic E-state index is -4.52. The van der Waals surface area contributed by atoms with Gasteiger partial charge in [0, 0.05) is 30.2 Å². The molecule has 0 radical (unpaired) electrons. The van der Waals surface area contributed by atoms with Crippen LogP contribution in [0.3, 0.4) is 0 Å². The molecular formula is C24H26F3N3O2S. The van der Waals surface area contributed by atoms with Crippen LogP contribution in [0, 0.1) is 13.8 Å². The monoisotopic (exact) mass is 477 g/mol. The summed E-state index contributed by atoms with van der Waals surface area (Å²) in [4.78, 5) is 1.88. The van der Waals surface area contributed by atoms with Gasteiger partial charge in [-0.25, -0.2) is 13.1 Å². The first kappa shape index (κ1) is 24.6. The number of rotatable bonds is 8. The number of nitrogens with zero attached hydrogens (tertiary/aromatic N) is 1. The summed E-state index contributed by atoms with van der Waals surface area (Å²) >= 11 is 0. The maximum absolute atomic E-state index is 12.7. The maximum Gasteiger partial charge on any atom is 0.416 e. The van der Waals surface area contributed by atoms with Gasteiger partial charge in [-0.15, -0.1) is 0 Å². The molecule has 9 heteroatoms. The SMILES string of the molecule is Cc1ccccc1N(CCCNS(=O)(=O)c1ccc(C(F)(F)F)cc1)c1cc(N)ccc1C. The van der Waals surface area contributed by atoms with Crippen molar-refractivity contribution in [1.29, 1.82) is 0 Å². The number of nitrogens with two attached hydrogens (primary N) is 1. The van der Waals surface area contributed by atoms with E-state index in [9.17, 15) is 21.6 Å². The van der Waals surface area contributed by atoms with Gasteiger partial charge in [0.15, 0.2) is 0 Å². The summed E-state index contributed by atoms with van der Waals surface area (Å²) in [6.07, 6.45) is -4.06. The van der Waals surface area contributed by atoms with Crippen LogP contribution >= 0.6 is 0 Å². The number of sulfonamides is 1. The van der Waals surface area contributed by atoms with E-state index in [1.807, 2.05) is 56.3 Å². The largest absolute Gasteiger partial charge is 0.416 e. The third-order valence-corrected chi connectivity index (χ3v) is 6.75. The molecule has 0 aliphatic carbocycles. The van der Waals surface area contributed by atoms with Gasteiger partial charge in [-0.3, -0.25) is 0 Å². The predicted molar refractivity (Wildman–Crippen MR) is 125 cm³/mol. The Bertz CT molecular complexity index is 1210. The summed E-state index contributed by atoms with van der Waals surface area (Å²) in [7, 11) is -3.93. The molecule has 0 aromatic heterocycles. The molecule has 0 heterocycles. The average Bonchev–Trinajstić information content (AvgIpc) is 2.76. The van der Waals surface area contributed by atoms with E-state index in [4.69, 9.17) is 5.73 Å². The van der Waals surface area contributed by atoms with Crippen LogP contribution in [0.25, 0.3) is 0 Å². The van der Waals surface area contributed by atoms with E-state index in [0.717, 1.165) is 46.8 Å². The van der Waals surface area contributed by atoms with Crippen LogP contribution in [0.15, 0.2) is 71.6 Å². The lowest BCUT2D eigenvalue weighted by Gasteiger charge is -2.28.